The van der Waals surface area contributed by atoms with Gasteiger partial charge in [-0.05, 0) is 37.1 Å². The number of hydrogen-bond acceptors (Lipinski definition) is 3. The molecule has 1 aliphatic heterocycles. The van der Waals surface area contributed by atoms with E-state index in [0.29, 0.717) is 11.6 Å². The summed E-state index contributed by atoms with van der Waals surface area (Å²) >= 11 is 5.77. The van der Waals surface area contributed by atoms with Crippen LogP contribution in [0.25, 0.3) is 0 Å². The molecule has 1 unspecified atom stereocenters. The fourth-order valence-electron chi connectivity index (χ4n) is 2.02. The highest BCUT2D eigenvalue weighted by Gasteiger charge is 2.21. The van der Waals surface area contributed by atoms with E-state index in [0.717, 1.165) is 24.9 Å². The van der Waals surface area contributed by atoms with Crippen LogP contribution < -0.4 is 10.0 Å². The van der Waals surface area contributed by atoms with Crippen molar-refractivity contribution in [3.8, 4) is 0 Å². The summed E-state index contributed by atoms with van der Waals surface area (Å²) in [6.45, 7) is 1.23. The van der Waals surface area contributed by atoms with Crippen LogP contribution >= 0.6 is 11.6 Å². The van der Waals surface area contributed by atoms with Gasteiger partial charge in [-0.25, -0.2) is 13.1 Å². The van der Waals surface area contributed by atoms with Gasteiger partial charge in [0.05, 0.1) is 5.75 Å². The first kappa shape index (κ1) is 13.8. The minimum atomic E-state index is -3.22. The van der Waals surface area contributed by atoms with E-state index in [1.165, 1.54) is 0 Å². The van der Waals surface area contributed by atoms with Gasteiger partial charge in [-0.3, -0.25) is 0 Å². The number of nitrogens with one attached hydrogen (secondary N) is 2. The van der Waals surface area contributed by atoms with Crippen molar-refractivity contribution in [2.24, 2.45) is 0 Å². The lowest BCUT2D eigenvalue weighted by Crippen LogP contribution is -2.36. The number of rotatable bonds is 5. The molecule has 1 fully saturated rings. The summed E-state index contributed by atoms with van der Waals surface area (Å²) < 4.78 is 26.3. The maximum Gasteiger partial charge on any atom is 0.213 e. The highest BCUT2D eigenvalue weighted by molar-refractivity contribution is 7.89. The van der Waals surface area contributed by atoms with Gasteiger partial charge < -0.3 is 5.32 Å². The number of sulfonamides is 1. The van der Waals surface area contributed by atoms with Crippen LogP contribution in [0, 0.1) is 0 Å². The molecule has 18 heavy (non-hydrogen) atoms. The van der Waals surface area contributed by atoms with E-state index in [9.17, 15) is 8.42 Å². The van der Waals surface area contributed by atoms with Gasteiger partial charge in [-0.15, -0.1) is 0 Å². The van der Waals surface area contributed by atoms with Crippen molar-refractivity contribution in [1.82, 2.24) is 10.0 Å². The van der Waals surface area contributed by atoms with Crippen LogP contribution in [-0.4, -0.2) is 26.8 Å². The Kier molecular flexibility index (Phi) is 4.61. The Labute approximate surface area is 113 Å². The van der Waals surface area contributed by atoms with Gasteiger partial charge in [0, 0.05) is 17.6 Å². The molecule has 0 aliphatic carbocycles. The third-order valence-electron chi connectivity index (χ3n) is 2.99. The van der Waals surface area contributed by atoms with Crippen LogP contribution in [0.4, 0.5) is 0 Å². The fraction of sp³-hybridized carbons (Fsp3) is 0.500. The SMILES string of the molecule is O=S(=O)(CC1CCCN1)NCc1ccc(Cl)cc1. The lowest BCUT2D eigenvalue weighted by atomic mass is 10.2. The van der Waals surface area contributed by atoms with E-state index in [2.05, 4.69) is 10.0 Å². The highest BCUT2D eigenvalue weighted by atomic mass is 35.5. The van der Waals surface area contributed by atoms with E-state index in [4.69, 9.17) is 11.6 Å². The molecule has 1 saturated heterocycles. The number of benzene rings is 1. The molecule has 0 saturated carbocycles. The average Bonchev–Trinajstić information content (AvgIpc) is 2.80. The maximum atomic E-state index is 11.8. The van der Waals surface area contributed by atoms with E-state index in [1.807, 2.05) is 12.1 Å². The lowest BCUT2D eigenvalue weighted by molar-refractivity contribution is 0.563. The summed E-state index contributed by atoms with van der Waals surface area (Å²) in [7, 11) is -3.22. The van der Waals surface area contributed by atoms with Crippen molar-refractivity contribution in [1.29, 1.82) is 0 Å². The fourth-order valence-corrected chi connectivity index (χ4v) is 3.46. The van der Waals surface area contributed by atoms with Gasteiger partial charge >= 0.3 is 0 Å². The Bertz CT molecular complexity index is 481. The Hall–Kier alpha value is -0.620. The average molecular weight is 289 g/mol. The van der Waals surface area contributed by atoms with E-state index in [1.54, 1.807) is 12.1 Å². The summed E-state index contributed by atoms with van der Waals surface area (Å²) in [6, 6.07) is 7.23. The zero-order valence-corrected chi connectivity index (χ0v) is 11.6. The molecule has 1 atom stereocenters. The highest BCUT2D eigenvalue weighted by Crippen LogP contribution is 2.10. The molecule has 2 N–H and O–H groups in total. The summed E-state index contributed by atoms with van der Waals surface area (Å²) in [5.74, 6) is 0.153. The molecule has 0 spiro atoms. The first-order valence-electron chi connectivity index (χ1n) is 6.00. The molecule has 1 heterocycles. The largest absolute Gasteiger partial charge is 0.313 e. The Morgan fingerprint density at radius 3 is 2.67 bits per heavy atom. The van der Waals surface area contributed by atoms with Crippen molar-refractivity contribution in [3.05, 3.63) is 34.9 Å². The molecule has 1 aromatic carbocycles. The Morgan fingerprint density at radius 2 is 2.06 bits per heavy atom. The molecule has 4 nitrogen and oxygen atoms in total. The van der Waals surface area contributed by atoms with Crippen molar-refractivity contribution in [2.75, 3.05) is 12.3 Å². The molecule has 1 aromatic rings. The lowest BCUT2D eigenvalue weighted by Gasteiger charge is -2.11. The molecule has 0 radical (unpaired) electrons. The molecular formula is C12H17ClN2O2S. The summed E-state index contributed by atoms with van der Waals surface area (Å²) in [6.07, 6.45) is 1.99. The Morgan fingerprint density at radius 1 is 1.33 bits per heavy atom. The van der Waals surface area contributed by atoms with Gasteiger partial charge in [0.25, 0.3) is 0 Å². The molecule has 2 rings (SSSR count). The summed E-state index contributed by atoms with van der Waals surface area (Å²) in [4.78, 5) is 0. The summed E-state index contributed by atoms with van der Waals surface area (Å²) in [5, 5.41) is 3.83. The van der Waals surface area contributed by atoms with Crippen LogP contribution in [0.3, 0.4) is 0 Å². The zero-order chi connectivity index (χ0) is 13.0. The van der Waals surface area contributed by atoms with E-state index < -0.39 is 10.0 Å². The summed E-state index contributed by atoms with van der Waals surface area (Å²) in [5.41, 5.74) is 0.905. The van der Waals surface area contributed by atoms with Crippen LogP contribution in [-0.2, 0) is 16.6 Å². The first-order valence-corrected chi connectivity index (χ1v) is 8.03. The van der Waals surface area contributed by atoms with Crippen LogP contribution in [0.15, 0.2) is 24.3 Å². The quantitative estimate of drug-likeness (QED) is 0.863. The van der Waals surface area contributed by atoms with Gasteiger partial charge in [0.2, 0.25) is 10.0 Å². The molecule has 0 bridgehead atoms. The van der Waals surface area contributed by atoms with E-state index in [-0.39, 0.29) is 11.8 Å². The maximum absolute atomic E-state index is 11.8. The van der Waals surface area contributed by atoms with Crippen molar-refractivity contribution >= 4 is 21.6 Å². The molecule has 0 amide bonds. The Balaban J connectivity index is 1.86. The van der Waals surface area contributed by atoms with Crippen molar-refractivity contribution in [2.45, 2.75) is 25.4 Å². The normalized spacial score (nSPS) is 20.2. The molecule has 0 aromatic heterocycles. The predicted octanol–water partition coefficient (Wildman–Crippen LogP) is 1.51. The zero-order valence-electron chi connectivity index (χ0n) is 10.0. The van der Waals surface area contributed by atoms with Crippen LogP contribution in [0.1, 0.15) is 18.4 Å². The van der Waals surface area contributed by atoms with Crippen molar-refractivity contribution < 1.29 is 8.42 Å². The van der Waals surface area contributed by atoms with Crippen LogP contribution in [0.2, 0.25) is 5.02 Å². The third-order valence-corrected chi connectivity index (χ3v) is 4.67. The molecule has 100 valence electrons. The van der Waals surface area contributed by atoms with Gasteiger partial charge in [0.15, 0.2) is 0 Å². The molecule has 1 aliphatic rings. The van der Waals surface area contributed by atoms with Crippen LogP contribution in [0.5, 0.6) is 0 Å². The molecule has 6 heteroatoms. The first-order chi connectivity index (χ1) is 8.55. The second-order valence-corrected chi connectivity index (χ2v) is 6.81. The van der Waals surface area contributed by atoms with Crippen molar-refractivity contribution in [3.63, 3.8) is 0 Å². The second kappa shape index (κ2) is 6.02. The predicted molar refractivity (Wildman–Crippen MR) is 73.1 cm³/mol. The monoisotopic (exact) mass is 288 g/mol. The van der Waals surface area contributed by atoms with Gasteiger partial charge in [-0.1, -0.05) is 23.7 Å². The topological polar surface area (TPSA) is 58.2 Å². The number of halogens is 1. The smallest absolute Gasteiger partial charge is 0.213 e. The van der Waals surface area contributed by atoms with E-state index >= 15 is 0 Å². The minimum absolute atomic E-state index is 0.0905. The minimum Gasteiger partial charge on any atom is -0.313 e. The van der Waals surface area contributed by atoms with Gasteiger partial charge in [0.1, 0.15) is 0 Å². The van der Waals surface area contributed by atoms with Gasteiger partial charge in [-0.2, -0.15) is 0 Å². The number of hydrogen-bond donors (Lipinski definition) is 2. The standard InChI is InChI=1S/C12H17ClN2O2S/c13-11-5-3-10(4-6-11)8-15-18(16,17)9-12-2-1-7-14-12/h3-6,12,14-15H,1-2,7-9H2. The molecular weight excluding hydrogens is 272 g/mol. The second-order valence-electron chi connectivity index (χ2n) is 4.52. The third kappa shape index (κ3) is 4.24.